The molecular weight excluding hydrogens is 298 g/mol. The lowest BCUT2D eigenvalue weighted by molar-refractivity contribution is 0.417. The molecule has 108 valence electrons. The molecule has 1 unspecified atom stereocenters. The fraction of sp³-hybridized carbons (Fsp3) is 0.462. The highest BCUT2D eigenvalue weighted by molar-refractivity contribution is 7.89. The highest BCUT2D eigenvalue weighted by atomic mass is 35.5. The summed E-state index contributed by atoms with van der Waals surface area (Å²) in [6, 6.07) is 6.28. The van der Waals surface area contributed by atoms with E-state index in [0.29, 0.717) is 6.54 Å². The number of nitrogens with zero attached hydrogens (tertiary/aromatic N) is 2. The highest BCUT2D eigenvalue weighted by Gasteiger charge is 2.25. The third kappa shape index (κ3) is 3.13. The molecule has 1 saturated heterocycles. The number of halogens is 1. The van der Waals surface area contributed by atoms with E-state index >= 15 is 0 Å². The molecule has 1 fully saturated rings. The number of nitriles is 1. The molecule has 2 rings (SSSR count). The van der Waals surface area contributed by atoms with Crippen LogP contribution in [0.5, 0.6) is 0 Å². The molecule has 0 amide bonds. The zero-order valence-corrected chi connectivity index (χ0v) is 12.7. The van der Waals surface area contributed by atoms with Crippen LogP contribution < -0.4 is 5.32 Å². The minimum atomic E-state index is -3.57. The van der Waals surface area contributed by atoms with Gasteiger partial charge in [-0.25, -0.2) is 8.42 Å². The van der Waals surface area contributed by atoms with Gasteiger partial charge in [-0.15, -0.1) is 0 Å². The Hall–Kier alpha value is -1.13. The number of sulfonamides is 1. The number of rotatable bonds is 4. The average molecular weight is 314 g/mol. The van der Waals surface area contributed by atoms with Crippen LogP contribution >= 0.6 is 11.6 Å². The van der Waals surface area contributed by atoms with E-state index in [1.807, 2.05) is 6.07 Å². The largest absolute Gasteiger partial charge is 0.313 e. The number of nitrogens with one attached hydrogen (secondary N) is 1. The first-order chi connectivity index (χ1) is 9.45. The average Bonchev–Trinajstić information content (AvgIpc) is 2.91. The second-order valence-corrected chi connectivity index (χ2v) is 7.28. The summed E-state index contributed by atoms with van der Waals surface area (Å²) in [7, 11) is -2.02. The Balaban J connectivity index is 2.20. The summed E-state index contributed by atoms with van der Waals surface area (Å²) in [6.07, 6.45) is 2.05. The molecule has 1 heterocycles. The monoisotopic (exact) mass is 313 g/mol. The molecule has 7 heteroatoms. The second-order valence-electron chi connectivity index (χ2n) is 4.83. The van der Waals surface area contributed by atoms with E-state index in [-0.39, 0.29) is 21.5 Å². The Bertz CT molecular complexity index is 634. The van der Waals surface area contributed by atoms with Gasteiger partial charge in [0.15, 0.2) is 0 Å². The van der Waals surface area contributed by atoms with E-state index in [1.54, 1.807) is 7.05 Å². The maximum absolute atomic E-state index is 12.4. The Morgan fingerprint density at radius 3 is 2.85 bits per heavy atom. The van der Waals surface area contributed by atoms with E-state index in [0.717, 1.165) is 19.4 Å². The van der Waals surface area contributed by atoms with Crippen LogP contribution in [0, 0.1) is 11.3 Å². The second kappa shape index (κ2) is 6.10. The number of hydrogen-bond donors (Lipinski definition) is 1. The molecule has 0 aliphatic carbocycles. The summed E-state index contributed by atoms with van der Waals surface area (Å²) < 4.78 is 26.2. The molecule has 1 aliphatic heterocycles. The molecule has 20 heavy (non-hydrogen) atoms. The Labute approximate surface area is 124 Å². The summed E-state index contributed by atoms with van der Waals surface area (Å²) in [6.45, 7) is 1.36. The van der Waals surface area contributed by atoms with Gasteiger partial charge in [-0.3, -0.25) is 0 Å². The summed E-state index contributed by atoms with van der Waals surface area (Å²) in [5.41, 5.74) is 0.269. The minimum absolute atomic E-state index is 0.113. The van der Waals surface area contributed by atoms with E-state index in [2.05, 4.69) is 5.32 Å². The normalized spacial score (nSPS) is 19.2. The van der Waals surface area contributed by atoms with Crippen molar-refractivity contribution in [3.8, 4) is 6.07 Å². The van der Waals surface area contributed by atoms with Crippen molar-refractivity contribution in [2.45, 2.75) is 23.8 Å². The molecule has 0 spiro atoms. The maximum Gasteiger partial charge on any atom is 0.242 e. The summed E-state index contributed by atoms with van der Waals surface area (Å²) in [5, 5.41) is 12.2. The van der Waals surface area contributed by atoms with Crippen molar-refractivity contribution in [3.05, 3.63) is 28.8 Å². The fourth-order valence-corrected chi connectivity index (χ4v) is 3.78. The van der Waals surface area contributed by atoms with Crippen LogP contribution in [0.25, 0.3) is 0 Å². The van der Waals surface area contributed by atoms with Crippen LogP contribution in [0.15, 0.2) is 23.1 Å². The summed E-state index contributed by atoms with van der Waals surface area (Å²) in [5.74, 6) is 0. The lowest BCUT2D eigenvalue weighted by Gasteiger charge is -2.21. The van der Waals surface area contributed by atoms with Crippen LogP contribution in [0.2, 0.25) is 5.02 Å². The number of benzene rings is 1. The van der Waals surface area contributed by atoms with Crippen LogP contribution in [-0.2, 0) is 10.0 Å². The van der Waals surface area contributed by atoms with Crippen molar-refractivity contribution < 1.29 is 8.42 Å². The molecule has 1 aromatic carbocycles. The standard InChI is InChI=1S/C13H16ClN3O2S/c1-17(9-11-3-2-6-16-11)20(18,19)12-5-4-10(8-15)13(14)7-12/h4-5,7,11,16H,2-3,6,9H2,1H3. The van der Waals surface area contributed by atoms with Gasteiger partial charge in [0.1, 0.15) is 6.07 Å². The molecule has 1 N–H and O–H groups in total. The van der Waals surface area contributed by atoms with Crippen molar-refractivity contribution in [1.82, 2.24) is 9.62 Å². The summed E-state index contributed by atoms with van der Waals surface area (Å²) >= 11 is 5.89. The molecular formula is C13H16ClN3O2S. The molecule has 0 saturated carbocycles. The lowest BCUT2D eigenvalue weighted by atomic mass is 10.2. The van der Waals surface area contributed by atoms with Crippen LogP contribution in [-0.4, -0.2) is 38.9 Å². The zero-order chi connectivity index (χ0) is 14.8. The van der Waals surface area contributed by atoms with Crippen LogP contribution in [0.4, 0.5) is 0 Å². The van der Waals surface area contributed by atoms with E-state index < -0.39 is 10.0 Å². The smallest absolute Gasteiger partial charge is 0.242 e. The Morgan fingerprint density at radius 2 is 2.30 bits per heavy atom. The maximum atomic E-state index is 12.4. The van der Waals surface area contributed by atoms with Gasteiger partial charge in [0.05, 0.1) is 15.5 Å². The zero-order valence-electron chi connectivity index (χ0n) is 11.1. The first-order valence-corrected chi connectivity index (χ1v) is 8.16. The van der Waals surface area contributed by atoms with Crippen molar-refractivity contribution in [2.24, 2.45) is 0 Å². The molecule has 1 aromatic rings. The van der Waals surface area contributed by atoms with E-state index in [9.17, 15) is 8.42 Å². The van der Waals surface area contributed by atoms with Gasteiger partial charge >= 0.3 is 0 Å². The highest BCUT2D eigenvalue weighted by Crippen LogP contribution is 2.22. The number of likely N-dealkylation sites (N-methyl/N-ethyl adjacent to an activating group) is 1. The SMILES string of the molecule is CN(CC1CCCN1)S(=O)(=O)c1ccc(C#N)c(Cl)c1. The molecule has 1 aliphatic rings. The van der Waals surface area contributed by atoms with Crippen molar-refractivity contribution in [2.75, 3.05) is 20.1 Å². The van der Waals surface area contributed by atoms with Gasteiger partial charge < -0.3 is 5.32 Å². The third-order valence-electron chi connectivity index (χ3n) is 3.41. The minimum Gasteiger partial charge on any atom is -0.313 e. The predicted molar refractivity (Wildman–Crippen MR) is 77.0 cm³/mol. The third-order valence-corrected chi connectivity index (χ3v) is 5.54. The van der Waals surface area contributed by atoms with Gasteiger partial charge in [0, 0.05) is 19.6 Å². The molecule has 0 bridgehead atoms. The number of hydrogen-bond acceptors (Lipinski definition) is 4. The van der Waals surface area contributed by atoms with Gasteiger partial charge in [-0.1, -0.05) is 11.6 Å². The molecule has 0 radical (unpaired) electrons. The van der Waals surface area contributed by atoms with E-state index in [4.69, 9.17) is 16.9 Å². The van der Waals surface area contributed by atoms with Gasteiger partial charge in [-0.05, 0) is 37.6 Å². The van der Waals surface area contributed by atoms with Crippen molar-refractivity contribution in [3.63, 3.8) is 0 Å². The van der Waals surface area contributed by atoms with Gasteiger partial charge in [-0.2, -0.15) is 9.57 Å². The predicted octanol–water partition coefficient (Wildman–Crippen LogP) is 1.58. The first-order valence-electron chi connectivity index (χ1n) is 6.34. The van der Waals surface area contributed by atoms with Crippen LogP contribution in [0.1, 0.15) is 18.4 Å². The Morgan fingerprint density at radius 1 is 1.55 bits per heavy atom. The molecule has 1 atom stereocenters. The molecule has 5 nitrogen and oxygen atoms in total. The topological polar surface area (TPSA) is 73.2 Å². The fourth-order valence-electron chi connectivity index (χ4n) is 2.25. The Kier molecular flexibility index (Phi) is 4.66. The van der Waals surface area contributed by atoms with Crippen molar-refractivity contribution >= 4 is 21.6 Å². The van der Waals surface area contributed by atoms with E-state index in [1.165, 1.54) is 22.5 Å². The summed E-state index contributed by atoms with van der Waals surface area (Å²) in [4.78, 5) is 0.113. The van der Waals surface area contributed by atoms with Crippen LogP contribution in [0.3, 0.4) is 0 Å². The lowest BCUT2D eigenvalue weighted by Crippen LogP contribution is -2.38. The van der Waals surface area contributed by atoms with Gasteiger partial charge in [0.25, 0.3) is 0 Å². The molecule has 0 aromatic heterocycles. The van der Waals surface area contributed by atoms with Crippen molar-refractivity contribution in [1.29, 1.82) is 5.26 Å². The first kappa shape index (κ1) is 15.3. The van der Waals surface area contributed by atoms with Gasteiger partial charge in [0.2, 0.25) is 10.0 Å². The quantitative estimate of drug-likeness (QED) is 0.916.